The third-order valence-corrected chi connectivity index (χ3v) is 5.66. The highest BCUT2D eigenvalue weighted by molar-refractivity contribution is 5.69. The number of hydrogen-bond donors (Lipinski definition) is 2. The van der Waals surface area contributed by atoms with Gasteiger partial charge in [-0.05, 0) is 42.9 Å². The molecule has 2 aliphatic rings. The maximum Gasteiger partial charge on any atom is 0.0380 e. The monoisotopic (exact) mass is 323 g/mol. The lowest BCUT2D eigenvalue weighted by atomic mass is 9.79. The van der Waals surface area contributed by atoms with Crippen molar-refractivity contribution >= 4 is 11.4 Å². The molecule has 0 spiro atoms. The number of allylic oxidation sites excluding steroid dienone is 1. The van der Waals surface area contributed by atoms with Crippen LogP contribution in [0.25, 0.3) is 5.70 Å². The first kappa shape index (κ1) is 16.7. The highest BCUT2D eigenvalue weighted by Gasteiger charge is 2.40. The summed E-state index contributed by atoms with van der Waals surface area (Å²) in [6.45, 7) is 15.6. The molecule has 3 heteroatoms. The topological polar surface area (TPSA) is 27.3 Å². The highest BCUT2D eigenvalue weighted by Crippen LogP contribution is 2.42. The Hall–Kier alpha value is -2.16. The summed E-state index contributed by atoms with van der Waals surface area (Å²) < 4.78 is 0. The number of rotatable bonds is 7. The van der Waals surface area contributed by atoms with Gasteiger partial charge in [0.2, 0.25) is 0 Å². The zero-order chi connectivity index (χ0) is 17.2. The molecule has 0 aliphatic carbocycles. The highest BCUT2D eigenvalue weighted by atomic mass is 15.2. The minimum absolute atomic E-state index is 0.112. The largest absolute Gasteiger partial charge is 0.391 e. The Morgan fingerprint density at radius 2 is 2.25 bits per heavy atom. The minimum Gasteiger partial charge on any atom is -0.391 e. The van der Waals surface area contributed by atoms with Crippen LogP contribution in [0.5, 0.6) is 0 Å². The fourth-order valence-electron chi connectivity index (χ4n) is 4.00. The predicted octanol–water partition coefficient (Wildman–Crippen LogP) is 4.02. The molecule has 0 amide bonds. The summed E-state index contributed by atoms with van der Waals surface area (Å²) in [5, 5.41) is 6.76. The number of fused-ring (bicyclic) bond motifs is 1. The van der Waals surface area contributed by atoms with E-state index in [0.29, 0.717) is 0 Å². The Bertz CT molecular complexity index is 661. The molecule has 1 aromatic carbocycles. The van der Waals surface area contributed by atoms with E-state index < -0.39 is 0 Å². The number of likely N-dealkylation sites (tertiary alicyclic amines) is 1. The molecule has 3 rings (SSSR count). The lowest BCUT2D eigenvalue weighted by molar-refractivity contribution is 0.321. The smallest absolute Gasteiger partial charge is 0.0380 e. The number of nitrogens with zero attached hydrogens (tertiary/aromatic N) is 1. The molecular weight excluding hydrogens is 294 g/mol. The van der Waals surface area contributed by atoms with Crippen LogP contribution < -0.4 is 10.6 Å². The maximum absolute atomic E-state index is 4.39. The number of anilines is 1. The van der Waals surface area contributed by atoms with Gasteiger partial charge in [0.15, 0.2) is 0 Å². The van der Waals surface area contributed by atoms with Gasteiger partial charge in [0.05, 0.1) is 0 Å². The van der Waals surface area contributed by atoms with Crippen molar-refractivity contribution in [1.29, 1.82) is 0 Å². The first-order valence-corrected chi connectivity index (χ1v) is 8.89. The Labute approximate surface area is 146 Å². The summed E-state index contributed by atoms with van der Waals surface area (Å²) in [4.78, 5) is 2.42. The lowest BCUT2D eigenvalue weighted by Gasteiger charge is -2.32. The van der Waals surface area contributed by atoms with Gasteiger partial charge in [0.25, 0.3) is 0 Å². The van der Waals surface area contributed by atoms with E-state index in [4.69, 9.17) is 0 Å². The molecule has 2 heterocycles. The maximum atomic E-state index is 4.39. The van der Waals surface area contributed by atoms with Crippen molar-refractivity contribution in [1.82, 2.24) is 10.2 Å². The lowest BCUT2D eigenvalue weighted by Crippen LogP contribution is -2.32. The van der Waals surface area contributed by atoms with Gasteiger partial charge in [0, 0.05) is 49.2 Å². The van der Waals surface area contributed by atoms with Crippen LogP contribution in [0.1, 0.15) is 30.4 Å². The van der Waals surface area contributed by atoms with E-state index in [-0.39, 0.29) is 5.41 Å². The van der Waals surface area contributed by atoms with Gasteiger partial charge < -0.3 is 15.5 Å². The number of benzene rings is 1. The Kier molecular flexibility index (Phi) is 4.70. The molecule has 0 aromatic heterocycles. The number of hydrogen-bond acceptors (Lipinski definition) is 3. The SMILES string of the molecule is C=CCCC1(C(=C)NC)CCN(C(=C)c2ccc3c(c2)NCC3)C1. The molecule has 1 saturated heterocycles. The molecule has 128 valence electrons. The molecule has 0 radical (unpaired) electrons. The van der Waals surface area contributed by atoms with Crippen molar-refractivity contribution in [3.63, 3.8) is 0 Å². The zero-order valence-electron chi connectivity index (χ0n) is 14.8. The molecule has 1 atom stereocenters. The van der Waals surface area contributed by atoms with E-state index in [2.05, 4.69) is 53.5 Å². The number of nitrogens with one attached hydrogen (secondary N) is 2. The first-order chi connectivity index (χ1) is 11.6. The van der Waals surface area contributed by atoms with Gasteiger partial charge in [-0.1, -0.05) is 31.4 Å². The summed E-state index contributed by atoms with van der Waals surface area (Å²) in [5.41, 5.74) is 6.27. The van der Waals surface area contributed by atoms with Crippen LogP contribution in [0.4, 0.5) is 5.69 Å². The molecule has 1 aromatic rings. The van der Waals surface area contributed by atoms with E-state index in [0.717, 1.165) is 56.7 Å². The van der Waals surface area contributed by atoms with E-state index >= 15 is 0 Å². The van der Waals surface area contributed by atoms with E-state index in [1.807, 2.05) is 13.1 Å². The fourth-order valence-corrected chi connectivity index (χ4v) is 4.00. The van der Waals surface area contributed by atoms with Crippen molar-refractivity contribution in [2.45, 2.75) is 25.7 Å². The molecule has 2 N–H and O–H groups in total. The summed E-state index contributed by atoms with van der Waals surface area (Å²) in [7, 11) is 1.97. The average Bonchev–Trinajstić information content (AvgIpc) is 3.25. The van der Waals surface area contributed by atoms with E-state index in [1.165, 1.54) is 16.8 Å². The van der Waals surface area contributed by atoms with Gasteiger partial charge in [-0.2, -0.15) is 0 Å². The second kappa shape index (κ2) is 6.76. The van der Waals surface area contributed by atoms with Crippen LogP contribution in [-0.4, -0.2) is 31.6 Å². The Balaban J connectivity index is 1.77. The zero-order valence-corrected chi connectivity index (χ0v) is 14.8. The molecule has 3 nitrogen and oxygen atoms in total. The third-order valence-electron chi connectivity index (χ3n) is 5.66. The Morgan fingerprint density at radius 3 is 3.00 bits per heavy atom. The summed E-state index contributed by atoms with van der Waals surface area (Å²) >= 11 is 0. The van der Waals surface area contributed by atoms with Crippen LogP contribution in [0.15, 0.2) is 49.7 Å². The van der Waals surface area contributed by atoms with Gasteiger partial charge in [-0.25, -0.2) is 0 Å². The molecular formula is C21H29N3. The van der Waals surface area contributed by atoms with E-state index in [9.17, 15) is 0 Å². The van der Waals surface area contributed by atoms with Gasteiger partial charge >= 0.3 is 0 Å². The molecule has 0 saturated carbocycles. The molecule has 24 heavy (non-hydrogen) atoms. The molecule has 2 aliphatic heterocycles. The van der Waals surface area contributed by atoms with Crippen LogP contribution in [-0.2, 0) is 6.42 Å². The Morgan fingerprint density at radius 1 is 1.42 bits per heavy atom. The van der Waals surface area contributed by atoms with Crippen molar-refractivity contribution in [3.05, 3.63) is 60.8 Å². The molecule has 0 bridgehead atoms. The average molecular weight is 323 g/mol. The normalized spacial score (nSPS) is 22.0. The quantitative estimate of drug-likeness (QED) is 0.742. The fraction of sp³-hybridized carbons (Fsp3) is 0.429. The standard InChI is InChI=1S/C21H29N3/c1-5-6-10-21(17(3)22-4)11-13-24(15-21)16(2)19-8-7-18-9-12-23-20(18)14-19/h5,7-8,14,22-23H,1-3,6,9-13,15H2,4H3. The van der Waals surface area contributed by atoms with Crippen molar-refractivity contribution in [2.24, 2.45) is 5.41 Å². The minimum atomic E-state index is 0.112. The summed E-state index contributed by atoms with van der Waals surface area (Å²) in [5.74, 6) is 0. The van der Waals surface area contributed by atoms with Gasteiger partial charge in [-0.15, -0.1) is 6.58 Å². The first-order valence-electron chi connectivity index (χ1n) is 8.89. The van der Waals surface area contributed by atoms with Crippen molar-refractivity contribution in [3.8, 4) is 0 Å². The van der Waals surface area contributed by atoms with E-state index in [1.54, 1.807) is 0 Å². The second-order valence-electron chi connectivity index (χ2n) is 7.00. The summed E-state index contributed by atoms with van der Waals surface area (Å²) in [6.07, 6.45) is 6.35. The molecule has 1 fully saturated rings. The van der Waals surface area contributed by atoms with Crippen LogP contribution in [0.3, 0.4) is 0 Å². The van der Waals surface area contributed by atoms with Crippen LogP contribution in [0, 0.1) is 5.41 Å². The third kappa shape index (κ3) is 2.95. The van der Waals surface area contributed by atoms with Crippen LogP contribution in [0.2, 0.25) is 0 Å². The van der Waals surface area contributed by atoms with Gasteiger partial charge in [-0.3, -0.25) is 0 Å². The van der Waals surface area contributed by atoms with Crippen LogP contribution >= 0.6 is 0 Å². The summed E-state index contributed by atoms with van der Waals surface area (Å²) in [6, 6.07) is 6.70. The van der Waals surface area contributed by atoms with Crippen molar-refractivity contribution < 1.29 is 0 Å². The predicted molar refractivity (Wildman–Crippen MR) is 104 cm³/mol. The second-order valence-corrected chi connectivity index (χ2v) is 7.00. The van der Waals surface area contributed by atoms with Gasteiger partial charge in [0.1, 0.15) is 0 Å². The molecule has 1 unspecified atom stereocenters. The van der Waals surface area contributed by atoms with Crippen molar-refractivity contribution in [2.75, 3.05) is 32.0 Å².